The number of alkyl halides is 2. The normalized spacial score (nSPS) is 14.3. The van der Waals surface area contributed by atoms with Crippen LogP contribution in [0.25, 0.3) is 11.5 Å². The molecule has 1 aliphatic carbocycles. The highest BCUT2D eigenvalue weighted by molar-refractivity contribution is 5.97. The van der Waals surface area contributed by atoms with Gasteiger partial charge in [-0.15, -0.1) is 0 Å². The number of nitrogens with one attached hydrogen (secondary N) is 2. The van der Waals surface area contributed by atoms with Gasteiger partial charge in [0.25, 0.3) is 5.91 Å². The van der Waals surface area contributed by atoms with Crippen molar-refractivity contribution in [1.29, 1.82) is 0 Å². The lowest BCUT2D eigenvalue weighted by atomic mass is 10.0. The summed E-state index contributed by atoms with van der Waals surface area (Å²) in [7, 11) is 0. The number of amides is 3. The zero-order chi connectivity index (χ0) is 29.8. The third-order valence-electron chi connectivity index (χ3n) is 6.03. The lowest BCUT2D eigenvalue weighted by Crippen LogP contribution is -2.42. The van der Waals surface area contributed by atoms with Gasteiger partial charge >= 0.3 is 12.7 Å². The number of benzene rings is 2. The molecule has 1 heterocycles. The molecule has 2 aromatic carbocycles. The van der Waals surface area contributed by atoms with Crippen LogP contribution in [0.15, 0.2) is 40.8 Å². The predicted molar refractivity (Wildman–Crippen MR) is 132 cm³/mol. The van der Waals surface area contributed by atoms with Crippen LogP contribution in [0.1, 0.15) is 53.7 Å². The Morgan fingerprint density at radius 3 is 2.51 bits per heavy atom. The van der Waals surface area contributed by atoms with Crippen molar-refractivity contribution >= 4 is 17.9 Å². The molecule has 218 valence electrons. The number of aromatic hydroxyl groups is 1. The Balaban J connectivity index is 1.69. The van der Waals surface area contributed by atoms with Gasteiger partial charge in [-0.25, -0.2) is 18.6 Å². The number of hydrogen-bond acceptors (Lipinski definition) is 8. The lowest BCUT2D eigenvalue weighted by Gasteiger charge is -2.19. The van der Waals surface area contributed by atoms with Crippen molar-refractivity contribution in [3.8, 4) is 23.0 Å². The maximum Gasteiger partial charge on any atom is 0.405 e. The number of ether oxygens (including phenoxy) is 2. The number of hydrogen-bond donors (Lipinski definition) is 4. The SMILES string of the molecule is C[C@H](OC(N)=O)c1oc(-c2ccc(OC(F)F)c(O)c2)nc1C(=O)NC(C(=O)NCC1CC1)c1ccc(F)cc1F. The van der Waals surface area contributed by atoms with E-state index < -0.39 is 65.5 Å². The molecule has 15 heteroatoms. The van der Waals surface area contributed by atoms with E-state index in [1.165, 1.54) is 13.0 Å². The van der Waals surface area contributed by atoms with Crippen molar-refractivity contribution in [3.05, 3.63) is 65.1 Å². The maximum absolute atomic E-state index is 14.7. The Labute approximate surface area is 229 Å². The molecule has 41 heavy (non-hydrogen) atoms. The summed E-state index contributed by atoms with van der Waals surface area (Å²) in [5.74, 6) is -5.51. The first-order valence-corrected chi connectivity index (χ1v) is 12.2. The first-order chi connectivity index (χ1) is 19.4. The highest BCUT2D eigenvalue weighted by atomic mass is 19.3. The number of phenolic OH excluding ortho intramolecular Hbond substituents is 1. The number of nitrogens with two attached hydrogens (primary N) is 1. The topological polar surface area (TPSA) is 166 Å². The van der Waals surface area contributed by atoms with Gasteiger partial charge in [0.15, 0.2) is 29.1 Å². The number of oxazole rings is 1. The van der Waals surface area contributed by atoms with Crippen molar-refractivity contribution in [1.82, 2.24) is 15.6 Å². The van der Waals surface area contributed by atoms with Crippen LogP contribution >= 0.6 is 0 Å². The maximum atomic E-state index is 14.7. The number of phenols is 1. The van der Waals surface area contributed by atoms with E-state index in [1.807, 2.05) is 0 Å². The predicted octanol–water partition coefficient (Wildman–Crippen LogP) is 4.08. The first kappa shape index (κ1) is 29.2. The fourth-order valence-corrected chi connectivity index (χ4v) is 3.86. The van der Waals surface area contributed by atoms with E-state index in [2.05, 4.69) is 20.4 Å². The molecule has 3 amide bonds. The van der Waals surface area contributed by atoms with Gasteiger partial charge in [-0.1, -0.05) is 6.07 Å². The summed E-state index contributed by atoms with van der Waals surface area (Å²) in [6, 6.07) is 4.01. The van der Waals surface area contributed by atoms with E-state index >= 15 is 0 Å². The van der Waals surface area contributed by atoms with Crippen molar-refractivity contribution in [2.75, 3.05) is 6.54 Å². The smallest absolute Gasteiger partial charge is 0.405 e. The first-order valence-electron chi connectivity index (χ1n) is 12.2. The van der Waals surface area contributed by atoms with Crippen molar-refractivity contribution in [2.45, 2.75) is 38.5 Å². The van der Waals surface area contributed by atoms with Crippen LogP contribution < -0.4 is 21.1 Å². The Morgan fingerprint density at radius 1 is 1.17 bits per heavy atom. The molecular weight excluding hydrogens is 556 g/mol. The summed E-state index contributed by atoms with van der Waals surface area (Å²) < 4.78 is 68.0. The van der Waals surface area contributed by atoms with Gasteiger partial charge in [0.05, 0.1) is 0 Å². The molecule has 1 saturated carbocycles. The summed E-state index contributed by atoms with van der Waals surface area (Å²) >= 11 is 0. The quantitative estimate of drug-likeness (QED) is 0.246. The molecule has 1 unspecified atom stereocenters. The average Bonchev–Trinajstić information content (AvgIpc) is 3.61. The minimum Gasteiger partial charge on any atom is -0.504 e. The van der Waals surface area contributed by atoms with Crippen LogP contribution in [-0.4, -0.2) is 41.2 Å². The lowest BCUT2D eigenvalue weighted by molar-refractivity contribution is -0.123. The third-order valence-corrected chi connectivity index (χ3v) is 6.03. The zero-order valence-corrected chi connectivity index (χ0v) is 21.3. The van der Waals surface area contributed by atoms with E-state index in [9.17, 15) is 37.1 Å². The van der Waals surface area contributed by atoms with E-state index in [0.717, 1.165) is 37.1 Å². The van der Waals surface area contributed by atoms with Crippen molar-refractivity contribution in [2.24, 2.45) is 11.7 Å². The summed E-state index contributed by atoms with van der Waals surface area (Å²) in [5, 5.41) is 15.0. The number of aromatic nitrogens is 1. The standard InChI is InChI=1S/C26H24F4N4O7/c1-11(39-26(31)38)21-20(34-24(41-21)13-4-7-18(17(35)8-13)40-25(29)30)23(37)33-19(22(36)32-10-12-2-3-12)15-6-5-14(27)9-16(15)28/h4-9,11-12,19,25,35H,2-3,10H2,1H3,(H2,31,38)(H,32,36)(H,33,37)/t11-,19?/m0/s1. The highest BCUT2D eigenvalue weighted by Gasteiger charge is 2.33. The number of primary amides is 1. The molecule has 1 fully saturated rings. The zero-order valence-electron chi connectivity index (χ0n) is 21.3. The van der Waals surface area contributed by atoms with Crippen LogP contribution in [-0.2, 0) is 9.53 Å². The number of nitrogens with zero attached hydrogens (tertiary/aromatic N) is 1. The van der Waals surface area contributed by atoms with Crippen LogP contribution in [0.5, 0.6) is 11.5 Å². The number of rotatable bonds is 11. The Hall–Kier alpha value is -4.82. The molecule has 0 bridgehead atoms. The van der Waals surface area contributed by atoms with E-state index in [0.29, 0.717) is 6.07 Å². The van der Waals surface area contributed by atoms with E-state index in [1.54, 1.807) is 0 Å². The van der Waals surface area contributed by atoms with Gasteiger partial charge in [-0.05, 0) is 49.9 Å². The average molecular weight is 580 g/mol. The van der Waals surface area contributed by atoms with E-state index in [4.69, 9.17) is 14.9 Å². The summed E-state index contributed by atoms with van der Waals surface area (Å²) in [6.07, 6.45) is -0.723. The second kappa shape index (κ2) is 12.1. The van der Waals surface area contributed by atoms with Gasteiger partial charge < -0.3 is 35.4 Å². The molecule has 1 aromatic heterocycles. The molecule has 0 radical (unpaired) electrons. The number of carbonyl (C=O) groups excluding carboxylic acids is 3. The van der Waals surface area contributed by atoms with Crippen LogP contribution in [0.3, 0.4) is 0 Å². The molecular formula is C26H24F4N4O7. The largest absolute Gasteiger partial charge is 0.504 e. The van der Waals surface area contributed by atoms with Crippen molar-refractivity contribution < 1.29 is 50.9 Å². The molecule has 11 nitrogen and oxygen atoms in total. The molecule has 5 N–H and O–H groups in total. The molecule has 0 saturated heterocycles. The van der Waals surface area contributed by atoms with Crippen LogP contribution in [0.4, 0.5) is 22.4 Å². The van der Waals surface area contributed by atoms with Gasteiger partial charge in [-0.2, -0.15) is 8.78 Å². The molecule has 0 aliphatic heterocycles. The fraction of sp³-hybridized carbons (Fsp3) is 0.308. The van der Waals surface area contributed by atoms with Gasteiger partial charge in [0, 0.05) is 23.7 Å². The van der Waals surface area contributed by atoms with Crippen LogP contribution in [0.2, 0.25) is 0 Å². The summed E-state index contributed by atoms with van der Waals surface area (Å²) in [6.45, 7) is -1.63. The summed E-state index contributed by atoms with van der Waals surface area (Å²) in [4.78, 5) is 41.9. The Bertz CT molecular complexity index is 1460. The number of carbonyl (C=O) groups is 3. The minimum atomic E-state index is -3.21. The van der Waals surface area contributed by atoms with Gasteiger partial charge in [-0.3, -0.25) is 9.59 Å². The monoisotopic (exact) mass is 580 g/mol. The van der Waals surface area contributed by atoms with Gasteiger partial charge in [0.1, 0.15) is 17.7 Å². The highest BCUT2D eigenvalue weighted by Crippen LogP contribution is 2.35. The third kappa shape index (κ3) is 7.23. The number of halogens is 4. The van der Waals surface area contributed by atoms with Crippen molar-refractivity contribution in [3.63, 3.8) is 0 Å². The van der Waals surface area contributed by atoms with Gasteiger partial charge in [0.2, 0.25) is 11.8 Å². The Kier molecular flexibility index (Phi) is 8.64. The van der Waals surface area contributed by atoms with Crippen LogP contribution in [0, 0.1) is 17.6 Å². The molecule has 1 aliphatic rings. The molecule has 0 spiro atoms. The second-order valence-electron chi connectivity index (χ2n) is 9.13. The second-order valence-corrected chi connectivity index (χ2v) is 9.13. The molecule has 2 atom stereocenters. The molecule has 3 aromatic rings. The molecule has 4 rings (SSSR count). The summed E-state index contributed by atoms with van der Waals surface area (Å²) in [5.41, 5.74) is 4.24. The van der Waals surface area contributed by atoms with E-state index in [-0.39, 0.29) is 35.2 Å². The Morgan fingerprint density at radius 2 is 1.90 bits per heavy atom. The fourth-order valence-electron chi connectivity index (χ4n) is 3.86. The minimum absolute atomic E-state index is 0.000929.